The summed E-state index contributed by atoms with van der Waals surface area (Å²) in [6.07, 6.45) is 2.38. The smallest absolute Gasteiger partial charge is 0.337 e. The van der Waals surface area contributed by atoms with Crippen molar-refractivity contribution in [3.63, 3.8) is 0 Å². The molecule has 0 aliphatic carbocycles. The Hall–Kier alpha value is -1.55. The molecule has 110 valence electrons. The predicted octanol–water partition coefficient (Wildman–Crippen LogP) is 2.84. The highest BCUT2D eigenvalue weighted by atomic mass is 16.4. The summed E-state index contributed by atoms with van der Waals surface area (Å²) in [4.78, 5) is 13.7. The lowest BCUT2D eigenvalue weighted by molar-refractivity contribution is 0.0697. The Morgan fingerprint density at radius 2 is 2.10 bits per heavy atom. The van der Waals surface area contributed by atoms with Gasteiger partial charge in [-0.1, -0.05) is 18.6 Å². The second-order valence-electron chi connectivity index (χ2n) is 5.61. The zero-order chi connectivity index (χ0) is 14.5. The molecular weight excluding hydrogens is 252 g/mol. The number of carboxylic acids is 1. The van der Waals surface area contributed by atoms with Crippen LogP contribution >= 0.6 is 0 Å². The number of nitrogens with one attached hydrogen (secondary N) is 1. The Balaban J connectivity index is 1.93. The van der Waals surface area contributed by atoms with Gasteiger partial charge in [-0.15, -0.1) is 0 Å². The molecule has 1 aliphatic heterocycles. The molecule has 1 fully saturated rings. The maximum Gasteiger partial charge on any atom is 0.337 e. The molecule has 0 atom stereocenters. The highest BCUT2D eigenvalue weighted by Crippen LogP contribution is 2.21. The number of hydrogen-bond donors (Lipinski definition) is 2. The van der Waals surface area contributed by atoms with Crippen molar-refractivity contribution in [2.75, 3.05) is 31.5 Å². The van der Waals surface area contributed by atoms with E-state index < -0.39 is 5.97 Å². The molecule has 0 unspecified atom stereocenters. The number of benzene rings is 1. The standard InChI is InChI=1S/C16H24N2O2/c1-3-18-8-6-13(7-9-18)11-17-15-5-4-12(2)10-14(15)16(19)20/h4-5,10,13,17H,3,6-9,11H2,1-2H3,(H,19,20). The first kappa shape index (κ1) is 14.9. The van der Waals surface area contributed by atoms with E-state index in [2.05, 4.69) is 17.1 Å². The van der Waals surface area contributed by atoms with Crippen molar-refractivity contribution in [2.24, 2.45) is 5.92 Å². The summed E-state index contributed by atoms with van der Waals surface area (Å²) in [6, 6.07) is 5.55. The molecule has 4 nitrogen and oxygen atoms in total. The monoisotopic (exact) mass is 276 g/mol. The third-order valence-electron chi connectivity index (χ3n) is 4.14. The molecule has 0 bridgehead atoms. The fourth-order valence-corrected chi connectivity index (χ4v) is 2.75. The topological polar surface area (TPSA) is 52.6 Å². The van der Waals surface area contributed by atoms with E-state index in [0.717, 1.165) is 37.4 Å². The van der Waals surface area contributed by atoms with Crippen LogP contribution in [0.25, 0.3) is 0 Å². The van der Waals surface area contributed by atoms with Crippen LogP contribution in [0.5, 0.6) is 0 Å². The van der Waals surface area contributed by atoms with Crippen molar-refractivity contribution in [1.82, 2.24) is 4.90 Å². The van der Waals surface area contributed by atoms with E-state index in [1.54, 1.807) is 6.07 Å². The van der Waals surface area contributed by atoms with Crippen molar-refractivity contribution >= 4 is 11.7 Å². The van der Waals surface area contributed by atoms with Gasteiger partial charge in [0.1, 0.15) is 0 Å². The van der Waals surface area contributed by atoms with Crippen molar-refractivity contribution in [3.8, 4) is 0 Å². The number of aromatic carboxylic acids is 1. The molecule has 0 amide bonds. The van der Waals surface area contributed by atoms with Gasteiger partial charge in [-0.3, -0.25) is 0 Å². The fraction of sp³-hybridized carbons (Fsp3) is 0.562. The first-order valence-corrected chi connectivity index (χ1v) is 7.40. The van der Waals surface area contributed by atoms with Crippen LogP contribution in [0.4, 0.5) is 5.69 Å². The minimum Gasteiger partial charge on any atom is -0.478 e. The average molecular weight is 276 g/mol. The van der Waals surface area contributed by atoms with Crippen LogP contribution in [0.15, 0.2) is 18.2 Å². The van der Waals surface area contributed by atoms with Gasteiger partial charge in [0.05, 0.1) is 5.56 Å². The van der Waals surface area contributed by atoms with Gasteiger partial charge in [0.2, 0.25) is 0 Å². The third kappa shape index (κ3) is 3.73. The van der Waals surface area contributed by atoms with Crippen LogP contribution < -0.4 is 5.32 Å². The van der Waals surface area contributed by atoms with Gasteiger partial charge in [0.15, 0.2) is 0 Å². The number of carbonyl (C=O) groups is 1. The van der Waals surface area contributed by atoms with E-state index >= 15 is 0 Å². The van der Waals surface area contributed by atoms with Gasteiger partial charge in [0, 0.05) is 12.2 Å². The van der Waals surface area contributed by atoms with E-state index in [9.17, 15) is 9.90 Å². The largest absolute Gasteiger partial charge is 0.478 e. The molecule has 0 spiro atoms. The van der Waals surface area contributed by atoms with Crippen LogP contribution in [0.2, 0.25) is 0 Å². The van der Waals surface area contributed by atoms with Crippen LogP contribution in [-0.2, 0) is 0 Å². The zero-order valence-corrected chi connectivity index (χ0v) is 12.4. The van der Waals surface area contributed by atoms with Gasteiger partial charge in [-0.05, 0) is 57.5 Å². The molecule has 1 aliphatic rings. The van der Waals surface area contributed by atoms with Gasteiger partial charge in [0.25, 0.3) is 0 Å². The number of hydrogen-bond acceptors (Lipinski definition) is 3. The summed E-state index contributed by atoms with van der Waals surface area (Å²) in [6.45, 7) is 8.41. The van der Waals surface area contributed by atoms with Crippen molar-refractivity contribution in [1.29, 1.82) is 0 Å². The van der Waals surface area contributed by atoms with E-state index in [1.807, 2.05) is 19.1 Å². The molecule has 20 heavy (non-hydrogen) atoms. The highest BCUT2D eigenvalue weighted by Gasteiger charge is 2.18. The normalized spacial score (nSPS) is 17.1. The number of anilines is 1. The number of carboxylic acid groups (broad SMARTS) is 1. The molecule has 1 heterocycles. The van der Waals surface area contributed by atoms with Crippen LogP contribution in [0.1, 0.15) is 35.7 Å². The van der Waals surface area contributed by atoms with E-state index in [-0.39, 0.29) is 0 Å². The van der Waals surface area contributed by atoms with E-state index in [0.29, 0.717) is 11.5 Å². The minimum absolute atomic E-state index is 0.371. The lowest BCUT2D eigenvalue weighted by Crippen LogP contribution is -2.35. The number of nitrogens with zero attached hydrogens (tertiary/aromatic N) is 1. The maximum atomic E-state index is 11.3. The number of rotatable bonds is 5. The van der Waals surface area contributed by atoms with E-state index in [1.165, 1.54) is 12.8 Å². The molecular formula is C16H24N2O2. The summed E-state index contributed by atoms with van der Waals surface area (Å²) in [5.41, 5.74) is 2.08. The molecule has 0 aromatic heterocycles. The maximum absolute atomic E-state index is 11.3. The number of aryl methyl sites for hydroxylation is 1. The third-order valence-corrected chi connectivity index (χ3v) is 4.14. The van der Waals surface area contributed by atoms with Gasteiger partial charge >= 0.3 is 5.97 Å². The second-order valence-corrected chi connectivity index (χ2v) is 5.61. The molecule has 0 radical (unpaired) electrons. The molecule has 4 heteroatoms. The number of piperidine rings is 1. The van der Waals surface area contributed by atoms with Crippen molar-refractivity contribution in [2.45, 2.75) is 26.7 Å². The molecule has 1 aromatic carbocycles. The Morgan fingerprint density at radius 3 is 2.70 bits per heavy atom. The van der Waals surface area contributed by atoms with Crippen LogP contribution in [0.3, 0.4) is 0 Å². The average Bonchev–Trinajstić information content (AvgIpc) is 2.46. The second kappa shape index (κ2) is 6.75. The quantitative estimate of drug-likeness (QED) is 0.868. The summed E-state index contributed by atoms with van der Waals surface area (Å²) >= 11 is 0. The Labute approximate surface area is 120 Å². The Kier molecular flexibility index (Phi) is 5.01. The first-order valence-electron chi connectivity index (χ1n) is 7.40. The lowest BCUT2D eigenvalue weighted by atomic mass is 9.96. The lowest BCUT2D eigenvalue weighted by Gasteiger charge is -2.31. The summed E-state index contributed by atoms with van der Waals surface area (Å²) < 4.78 is 0. The van der Waals surface area contributed by atoms with Gasteiger partial charge in [-0.2, -0.15) is 0 Å². The van der Waals surface area contributed by atoms with Crippen LogP contribution in [0, 0.1) is 12.8 Å². The fourth-order valence-electron chi connectivity index (χ4n) is 2.75. The van der Waals surface area contributed by atoms with Gasteiger partial charge in [-0.25, -0.2) is 4.79 Å². The Morgan fingerprint density at radius 1 is 1.40 bits per heavy atom. The molecule has 2 N–H and O–H groups in total. The number of likely N-dealkylation sites (tertiary alicyclic amines) is 1. The van der Waals surface area contributed by atoms with Crippen molar-refractivity contribution in [3.05, 3.63) is 29.3 Å². The SMILES string of the molecule is CCN1CCC(CNc2ccc(C)cc2C(=O)O)CC1. The van der Waals surface area contributed by atoms with Gasteiger partial charge < -0.3 is 15.3 Å². The zero-order valence-electron chi connectivity index (χ0n) is 12.4. The molecule has 1 saturated heterocycles. The van der Waals surface area contributed by atoms with Crippen LogP contribution in [-0.4, -0.2) is 42.2 Å². The first-order chi connectivity index (χ1) is 9.60. The predicted molar refractivity (Wildman–Crippen MR) is 81.5 cm³/mol. The minimum atomic E-state index is -0.864. The Bertz CT molecular complexity index is 466. The summed E-state index contributed by atoms with van der Waals surface area (Å²) in [5.74, 6) is -0.224. The van der Waals surface area contributed by atoms with Crippen molar-refractivity contribution < 1.29 is 9.90 Å². The summed E-state index contributed by atoms with van der Waals surface area (Å²) in [7, 11) is 0. The molecule has 2 rings (SSSR count). The summed E-state index contributed by atoms with van der Waals surface area (Å²) in [5, 5.41) is 12.6. The van der Waals surface area contributed by atoms with E-state index in [4.69, 9.17) is 0 Å². The molecule has 0 saturated carbocycles. The highest BCUT2D eigenvalue weighted by molar-refractivity contribution is 5.94. The molecule has 1 aromatic rings.